The summed E-state index contributed by atoms with van der Waals surface area (Å²) in [4.78, 5) is 12.0. The number of hydrogen-bond donors (Lipinski definition) is 3. The molecule has 3 N–H and O–H groups in total. The Morgan fingerprint density at radius 2 is 1.86 bits per heavy atom. The zero-order chi connectivity index (χ0) is 15.3. The van der Waals surface area contributed by atoms with Crippen LogP contribution < -0.4 is 10.6 Å². The van der Waals surface area contributed by atoms with Crippen LogP contribution in [0.2, 0.25) is 0 Å². The molecule has 0 radical (unpaired) electrons. The number of aliphatic hydroxyl groups is 1. The van der Waals surface area contributed by atoms with E-state index in [1.54, 1.807) is 0 Å². The smallest absolute Gasteiger partial charge is 0.319 e. The number of amides is 2. The average Bonchev–Trinajstić information content (AvgIpc) is 2.66. The lowest BCUT2D eigenvalue weighted by Gasteiger charge is -2.26. The monoisotopic (exact) mass is 290 g/mol. The molecule has 0 aliphatic heterocycles. The van der Waals surface area contributed by atoms with Gasteiger partial charge in [-0.2, -0.15) is 0 Å². The summed E-state index contributed by atoms with van der Waals surface area (Å²) in [6, 6.07) is 5.72. The number of rotatable bonds is 3. The highest BCUT2D eigenvalue weighted by Crippen LogP contribution is 2.26. The van der Waals surface area contributed by atoms with Gasteiger partial charge in [0.25, 0.3) is 0 Å². The summed E-state index contributed by atoms with van der Waals surface area (Å²) in [6.07, 6.45) is 5.98. The molecule has 2 rings (SSSR count). The predicted octanol–water partition coefficient (Wildman–Crippen LogP) is 3.51. The number of urea groups is 1. The molecule has 21 heavy (non-hydrogen) atoms. The summed E-state index contributed by atoms with van der Waals surface area (Å²) in [6.45, 7) is 4.29. The van der Waals surface area contributed by atoms with E-state index >= 15 is 0 Å². The maximum absolute atomic E-state index is 12.0. The third-order valence-electron chi connectivity index (χ3n) is 4.25. The van der Waals surface area contributed by atoms with Crippen molar-refractivity contribution in [2.45, 2.75) is 58.0 Å². The highest BCUT2D eigenvalue weighted by Gasteiger charge is 2.28. The normalized spacial score (nSPS) is 17.9. The third-order valence-corrected chi connectivity index (χ3v) is 4.25. The molecule has 4 heteroatoms. The minimum absolute atomic E-state index is 0.249. The SMILES string of the molecule is Cc1ccc(C)c(NC(=O)NCC2(O)CCCCCC2)c1. The van der Waals surface area contributed by atoms with E-state index in [0.717, 1.165) is 42.5 Å². The van der Waals surface area contributed by atoms with Crippen LogP contribution in [0.3, 0.4) is 0 Å². The van der Waals surface area contributed by atoms with Crippen LogP contribution in [0.15, 0.2) is 18.2 Å². The summed E-state index contributed by atoms with van der Waals surface area (Å²) in [5.41, 5.74) is 2.22. The fraction of sp³-hybridized carbons (Fsp3) is 0.588. The van der Waals surface area contributed by atoms with Crippen LogP contribution in [0, 0.1) is 13.8 Å². The van der Waals surface area contributed by atoms with Crippen molar-refractivity contribution < 1.29 is 9.90 Å². The van der Waals surface area contributed by atoms with Crippen molar-refractivity contribution in [3.63, 3.8) is 0 Å². The zero-order valence-corrected chi connectivity index (χ0v) is 13.0. The maximum Gasteiger partial charge on any atom is 0.319 e. The number of benzene rings is 1. The number of anilines is 1. The van der Waals surface area contributed by atoms with Gasteiger partial charge in [-0.3, -0.25) is 0 Å². The van der Waals surface area contributed by atoms with Crippen molar-refractivity contribution in [2.24, 2.45) is 0 Å². The molecule has 0 saturated heterocycles. The molecule has 0 spiro atoms. The van der Waals surface area contributed by atoms with E-state index in [9.17, 15) is 9.90 Å². The van der Waals surface area contributed by atoms with Gasteiger partial charge in [-0.25, -0.2) is 4.79 Å². The highest BCUT2D eigenvalue weighted by molar-refractivity contribution is 5.90. The van der Waals surface area contributed by atoms with Crippen molar-refractivity contribution in [2.75, 3.05) is 11.9 Å². The Labute approximate surface area is 126 Å². The molecule has 1 saturated carbocycles. The summed E-state index contributed by atoms with van der Waals surface area (Å²) in [7, 11) is 0. The number of hydrogen-bond acceptors (Lipinski definition) is 2. The second-order valence-corrected chi connectivity index (χ2v) is 6.26. The molecular weight excluding hydrogens is 264 g/mol. The molecule has 2 amide bonds. The van der Waals surface area contributed by atoms with Gasteiger partial charge < -0.3 is 15.7 Å². The molecule has 4 nitrogen and oxygen atoms in total. The van der Waals surface area contributed by atoms with Gasteiger partial charge in [0, 0.05) is 12.2 Å². The van der Waals surface area contributed by atoms with E-state index < -0.39 is 5.60 Å². The van der Waals surface area contributed by atoms with E-state index in [-0.39, 0.29) is 6.03 Å². The standard InChI is InChI=1S/C17H26N2O2/c1-13-7-8-14(2)15(11-13)19-16(20)18-12-17(21)9-5-3-4-6-10-17/h7-8,11,21H,3-6,9-10,12H2,1-2H3,(H2,18,19,20). The second-order valence-electron chi connectivity index (χ2n) is 6.26. The molecule has 1 aliphatic rings. The predicted molar refractivity (Wildman–Crippen MR) is 85.6 cm³/mol. The molecule has 0 atom stereocenters. The number of carbonyl (C=O) groups excluding carboxylic acids is 1. The quantitative estimate of drug-likeness (QED) is 0.746. The number of nitrogens with one attached hydrogen (secondary N) is 2. The lowest BCUT2D eigenvalue weighted by atomic mass is 9.94. The maximum atomic E-state index is 12.0. The lowest BCUT2D eigenvalue weighted by Crippen LogP contribution is -2.44. The Morgan fingerprint density at radius 1 is 1.19 bits per heavy atom. The molecule has 1 aromatic carbocycles. The van der Waals surface area contributed by atoms with Crippen molar-refractivity contribution in [3.05, 3.63) is 29.3 Å². The van der Waals surface area contributed by atoms with Crippen LogP contribution >= 0.6 is 0 Å². The molecular formula is C17H26N2O2. The van der Waals surface area contributed by atoms with Crippen molar-refractivity contribution >= 4 is 11.7 Å². The molecule has 1 aliphatic carbocycles. The highest BCUT2D eigenvalue weighted by atomic mass is 16.3. The Kier molecular flexibility index (Phi) is 5.23. The summed E-state index contributed by atoms with van der Waals surface area (Å²) in [5, 5.41) is 16.2. The van der Waals surface area contributed by atoms with Gasteiger partial charge in [0.05, 0.1) is 5.60 Å². The third kappa shape index (κ3) is 4.74. The van der Waals surface area contributed by atoms with E-state index in [2.05, 4.69) is 10.6 Å². The van der Waals surface area contributed by atoms with Crippen LogP contribution in [0.1, 0.15) is 49.7 Å². The average molecular weight is 290 g/mol. The number of aryl methyl sites for hydroxylation is 2. The van der Waals surface area contributed by atoms with Crippen LogP contribution in [0.25, 0.3) is 0 Å². The lowest BCUT2D eigenvalue weighted by molar-refractivity contribution is 0.0281. The topological polar surface area (TPSA) is 61.4 Å². The largest absolute Gasteiger partial charge is 0.388 e. The first-order chi connectivity index (χ1) is 9.98. The molecule has 0 heterocycles. The second kappa shape index (κ2) is 6.94. The summed E-state index contributed by atoms with van der Waals surface area (Å²) >= 11 is 0. The Bertz CT molecular complexity index is 492. The van der Waals surface area contributed by atoms with Crippen molar-refractivity contribution in [1.82, 2.24) is 5.32 Å². The van der Waals surface area contributed by atoms with Crippen molar-refractivity contribution in [1.29, 1.82) is 0 Å². The van der Waals surface area contributed by atoms with Gasteiger partial charge in [-0.15, -0.1) is 0 Å². The Balaban J connectivity index is 1.88. The van der Waals surface area contributed by atoms with E-state index in [1.807, 2.05) is 32.0 Å². The minimum atomic E-state index is -0.741. The fourth-order valence-electron chi connectivity index (χ4n) is 2.85. The van der Waals surface area contributed by atoms with Gasteiger partial charge in [0.1, 0.15) is 0 Å². The molecule has 0 aromatic heterocycles. The van der Waals surface area contributed by atoms with Crippen LogP contribution in [0.4, 0.5) is 10.5 Å². The first kappa shape index (κ1) is 15.8. The summed E-state index contributed by atoms with van der Waals surface area (Å²) in [5.74, 6) is 0. The van der Waals surface area contributed by atoms with Crippen molar-refractivity contribution in [3.8, 4) is 0 Å². The van der Waals surface area contributed by atoms with Gasteiger partial charge in [-0.1, -0.05) is 37.8 Å². The van der Waals surface area contributed by atoms with Gasteiger partial charge in [0.2, 0.25) is 0 Å². The van der Waals surface area contributed by atoms with E-state index in [0.29, 0.717) is 6.54 Å². The van der Waals surface area contributed by atoms with Crippen LogP contribution in [-0.4, -0.2) is 23.3 Å². The molecule has 0 bridgehead atoms. The molecule has 0 unspecified atom stereocenters. The van der Waals surface area contributed by atoms with Crippen LogP contribution in [-0.2, 0) is 0 Å². The Hall–Kier alpha value is -1.55. The van der Waals surface area contributed by atoms with E-state index in [1.165, 1.54) is 12.8 Å². The molecule has 116 valence electrons. The molecule has 1 fully saturated rings. The van der Waals surface area contributed by atoms with Crippen LogP contribution in [0.5, 0.6) is 0 Å². The molecule has 1 aromatic rings. The summed E-state index contributed by atoms with van der Waals surface area (Å²) < 4.78 is 0. The van der Waals surface area contributed by atoms with Gasteiger partial charge >= 0.3 is 6.03 Å². The first-order valence-corrected chi connectivity index (χ1v) is 7.83. The fourth-order valence-corrected chi connectivity index (χ4v) is 2.85. The van der Waals surface area contributed by atoms with Gasteiger partial charge in [0.15, 0.2) is 0 Å². The Morgan fingerprint density at radius 3 is 2.52 bits per heavy atom. The first-order valence-electron chi connectivity index (χ1n) is 7.83. The minimum Gasteiger partial charge on any atom is -0.388 e. The zero-order valence-electron chi connectivity index (χ0n) is 13.0. The van der Waals surface area contributed by atoms with E-state index in [4.69, 9.17) is 0 Å². The van der Waals surface area contributed by atoms with Gasteiger partial charge in [-0.05, 0) is 43.9 Å². The number of carbonyl (C=O) groups is 1.